The summed E-state index contributed by atoms with van der Waals surface area (Å²) < 4.78 is 10.7. The molecule has 2 aromatic rings. The van der Waals surface area contributed by atoms with Crippen molar-refractivity contribution in [1.82, 2.24) is 0 Å². The first kappa shape index (κ1) is 17.0. The second-order valence-corrected chi connectivity index (χ2v) is 5.97. The van der Waals surface area contributed by atoms with Crippen LogP contribution in [0.3, 0.4) is 0 Å². The number of carbonyl (C=O) groups excluding carboxylic acids is 1. The van der Waals surface area contributed by atoms with Gasteiger partial charge in [-0.3, -0.25) is 0 Å². The van der Waals surface area contributed by atoms with Crippen molar-refractivity contribution in [2.24, 2.45) is 0 Å². The van der Waals surface area contributed by atoms with Crippen LogP contribution < -0.4 is 4.74 Å². The Hall–Kier alpha value is -2.81. The summed E-state index contributed by atoms with van der Waals surface area (Å²) in [6.07, 6.45) is 6.16. The molecule has 0 spiro atoms. The zero-order valence-corrected chi connectivity index (χ0v) is 14.2. The zero-order chi connectivity index (χ0) is 17.5. The van der Waals surface area contributed by atoms with Crippen LogP contribution in [0, 0.1) is 0 Å². The smallest absolute Gasteiger partial charge is 0.330 e. The minimum atomic E-state index is -0.394. The normalized spacial score (nSPS) is 12.7. The van der Waals surface area contributed by atoms with E-state index in [2.05, 4.69) is 49.1 Å². The third kappa shape index (κ3) is 4.60. The van der Waals surface area contributed by atoms with E-state index in [1.807, 2.05) is 12.1 Å². The predicted octanol–water partition coefficient (Wildman–Crippen LogP) is 4.67. The van der Waals surface area contributed by atoms with Gasteiger partial charge in [-0.15, -0.1) is 0 Å². The zero-order valence-electron chi connectivity index (χ0n) is 14.2. The van der Waals surface area contributed by atoms with E-state index in [0.717, 1.165) is 18.6 Å². The van der Waals surface area contributed by atoms with Gasteiger partial charge in [-0.05, 0) is 47.2 Å². The van der Waals surface area contributed by atoms with Gasteiger partial charge in [0, 0.05) is 12.5 Å². The van der Waals surface area contributed by atoms with Crippen LogP contribution in [-0.2, 0) is 16.0 Å². The Kier molecular flexibility index (Phi) is 5.68. The number of esters is 1. The molecule has 0 amide bonds. The molecule has 3 heteroatoms. The summed E-state index contributed by atoms with van der Waals surface area (Å²) in [6, 6.07) is 16.8. The van der Waals surface area contributed by atoms with E-state index in [0.29, 0.717) is 19.6 Å². The van der Waals surface area contributed by atoms with Crippen LogP contribution in [0.1, 0.15) is 29.5 Å². The maximum absolute atomic E-state index is 10.9. The highest BCUT2D eigenvalue weighted by atomic mass is 16.5. The molecule has 25 heavy (non-hydrogen) atoms. The largest absolute Gasteiger partial charge is 0.493 e. The second kappa shape index (κ2) is 8.34. The highest BCUT2D eigenvalue weighted by Gasteiger charge is 2.12. The first-order valence-corrected chi connectivity index (χ1v) is 8.57. The molecular formula is C22H22O3. The number of fused-ring (bicyclic) bond motifs is 1. The van der Waals surface area contributed by atoms with E-state index >= 15 is 0 Å². The van der Waals surface area contributed by atoms with Gasteiger partial charge < -0.3 is 9.47 Å². The van der Waals surface area contributed by atoms with Crippen LogP contribution in [0.5, 0.6) is 5.75 Å². The van der Waals surface area contributed by atoms with Crippen LogP contribution in [0.25, 0.3) is 11.6 Å². The quantitative estimate of drug-likeness (QED) is 0.419. The van der Waals surface area contributed by atoms with Crippen molar-refractivity contribution in [3.05, 3.63) is 77.9 Å². The van der Waals surface area contributed by atoms with E-state index in [4.69, 9.17) is 9.47 Å². The van der Waals surface area contributed by atoms with Gasteiger partial charge >= 0.3 is 5.97 Å². The first-order valence-electron chi connectivity index (χ1n) is 8.57. The van der Waals surface area contributed by atoms with Crippen LogP contribution in [0.2, 0.25) is 0 Å². The fourth-order valence-corrected chi connectivity index (χ4v) is 2.92. The Morgan fingerprint density at radius 2 is 1.92 bits per heavy atom. The summed E-state index contributed by atoms with van der Waals surface area (Å²) in [4.78, 5) is 10.9. The highest BCUT2D eigenvalue weighted by Crippen LogP contribution is 2.32. The summed E-state index contributed by atoms with van der Waals surface area (Å²) in [5, 5.41) is 0. The number of hydrogen-bond acceptors (Lipinski definition) is 3. The number of ether oxygens (including phenoxy) is 2. The standard InChI is InChI=1S/C22H22O3/c1-2-22(23)25-14-6-13-24-21-12-11-19-15-18(9-10-20(19)16-21)17-7-4-3-5-8-17/h2-5,7-8,11-12,15-16H,1,6,9-10,13-14H2. The lowest BCUT2D eigenvalue weighted by molar-refractivity contribution is -0.137. The number of aryl methyl sites for hydroxylation is 1. The molecule has 1 aliphatic rings. The minimum absolute atomic E-state index is 0.346. The number of rotatable bonds is 7. The van der Waals surface area contributed by atoms with Crippen molar-refractivity contribution in [3.63, 3.8) is 0 Å². The molecule has 3 nitrogen and oxygen atoms in total. The number of hydrogen-bond donors (Lipinski definition) is 0. The molecule has 0 fully saturated rings. The predicted molar refractivity (Wildman–Crippen MR) is 100 cm³/mol. The summed E-state index contributed by atoms with van der Waals surface area (Å²) in [5.41, 5.74) is 5.25. The van der Waals surface area contributed by atoms with Gasteiger partial charge in [0.2, 0.25) is 0 Å². The summed E-state index contributed by atoms with van der Waals surface area (Å²) >= 11 is 0. The van der Waals surface area contributed by atoms with Crippen LogP contribution in [0.4, 0.5) is 0 Å². The van der Waals surface area contributed by atoms with Crippen molar-refractivity contribution in [1.29, 1.82) is 0 Å². The lowest BCUT2D eigenvalue weighted by Crippen LogP contribution is -2.07. The lowest BCUT2D eigenvalue weighted by atomic mass is 9.88. The van der Waals surface area contributed by atoms with E-state index in [-0.39, 0.29) is 0 Å². The van der Waals surface area contributed by atoms with Gasteiger partial charge in [0.25, 0.3) is 0 Å². The molecule has 0 bridgehead atoms. The molecular weight excluding hydrogens is 312 g/mol. The molecule has 0 N–H and O–H groups in total. The topological polar surface area (TPSA) is 35.5 Å². The van der Waals surface area contributed by atoms with Gasteiger partial charge in [-0.25, -0.2) is 4.79 Å². The third-order valence-corrected chi connectivity index (χ3v) is 4.22. The average molecular weight is 334 g/mol. The minimum Gasteiger partial charge on any atom is -0.493 e. The number of allylic oxidation sites excluding steroid dienone is 1. The molecule has 0 saturated carbocycles. The van der Waals surface area contributed by atoms with E-state index < -0.39 is 5.97 Å². The second-order valence-electron chi connectivity index (χ2n) is 5.97. The monoisotopic (exact) mass is 334 g/mol. The van der Waals surface area contributed by atoms with Crippen LogP contribution >= 0.6 is 0 Å². The van der Waals surface area contributed by atoms with Gasteiger partial charge in [0.05, 0.1) is 13.2 Å². The number of carbonyl (C=O) groups is 1. The van der Waals surface area contributed by atoms with Crippen LogP contribution in [0.15, 0.2) is 61.2 Å². The number of benzene rings is 2. The molecule has 128 valence electrons. The maximum atomic E-state index is 10.9. The average Bonchev–Trinajstić information content (AvgIpc) is 2.67. The maximum Gasteiger partial charge on any atom is 0.330 e. The van der Waals surface area contributed by atoms with Gasteiger partial charge in [0.15, 0.2) is 0 Å². The van der Waals surface area contributed by atoms with Gasteiger partial charge in [0.1, 0.15) is 5.75 Å². The molecule has 0 unspecified atom stereocenters. The molecule has 2 aromatic carbocycles. The molecule has 0 radical (unpaired) electrons. The van der Waals surface area contributed by atoms with Crippen LogP contribution in [-0.4, -0.2) is 19.2 Å². The molecule has 1 aliphatic carbocycles. The van der Waals surface area contributed by atoms with Crippen molar-refractivity contribution in [2.75, 3.05) is 13.2 Å². The third-order valence-electron chi connectivity index (χ3n) is 4.22. The van der Waals surface area contributed by atoms with Crippen molar-refractivity contribution in [3.8, 4) is 5.75 Å². The van der Waals surface area contributed by atoms with Gasteiger partial charge in [-0.2, -0.15) is 0 Å². The highest BCUT2D eigenvalue weighted by molar-refractivity contribution is 5.84. The fraction of sp³-hybridized carbons (Fsp3) is 0.227. The summed E-state index contributed by atoms with van der Waals surface area (Å²) in [5.74, 6) is 0.472. The first-order chi connectivity index (χ1) is 12.3. The molecule has 0 saturated heterocycles. The Labute approximate surface area is 148 Å². The molecule has 0 aromatic heterocycles. The SMILES string of the molecule is C=CC(=O)OCCCOc1ccc2c(c1)CCC(c1ccccc1)=C2. The van der Waals surface area contributed by atoms with E-state index in [1.165, 1.54) is 28.3 Å². The molecule has 3 rings (SSSR count). The fourth-order valence-electron chi connectivity index (χ4n) is 2.92. The van der Waals surface area contributed by atoms with Gasteiger partial charge in [-0.1, -0.05) is 49.1 Å². The summed E-state index contributed by atoms with van der Waals surface area (Å²) in [7, 11) is 0. The Morgan fingerprint density at radius 3 is 2.72 bits per heavy atom. The van der Waals surface area contributed by atoms with E-state index in [9.17, 15) is 4.79 Å². The van der Waals surface area contributed by atoms with Crippen molar-refractivity contribution in [2.45, 2.75) is 19.3 Å². The van der Waals surface area contributed by atoms with Crippen molar-refractivity contribution >= 4 is 17.6 Å². The molecule has 0 aliphatic heterocycles. The van der Waals surface area contributed by atoms with E-state index in [1.54, 1.807) is 0 Å². The Bertz CT molecular complexity index is 775. The lowest BCUT2D eigenvalue weighted by Gasteiger charge is -2.18. The van der Waals surface area contributed by atoms with Crippen molar-refractivity contribution < 1.29 is 14.3 Å². The molecule has 0 heterocycles. The summed E-state index contributed by atoms with van der Waals surface area (Å²) in [6.45, 7) is 4.23. The Morgan fingerprint density at radius 1 is 1.08 bits per heavy atom. The molecule has 0 atom stereocenters. The Balaban J connectivity index is 1.58.